The van der Waals surface area contributed by atoms with E-state index in [0.29, 0.717) is 18.0 Å². The van der Waals surface area contributed by atoms with E-state index in [9.17, 15) is 4.79 Å². The molecular formula is C29H31N5OS. The SMILES string of the molecule is Cc1ccnc(C)c1C(=O)NCc1ccc(CN(C)c2nc(C3CCCc4cccnc43)cs2)cc1. The van der Waals surface area contributed by atoms with E-state index in [0.717, 1.165) is 47.0 Å². The molecule has 1 amide bonds. The molecule has 7 heteroatoms. The average Bonchev–Trinajstić information content (AvgIpc) is 3.38. The maximum atomic E-state index is 12.6. The van der Waals surface area contributed by atoms with E-state index in [-0.39, 0.29) is 5.91 Å². The van der Waals surface area contributed by atoms with Crippen molar-refractivity contribution < 1.29 is 4.79 Å². The van der Waals surface area contributed by atoms with Crippen LogP contribution < -0.4 is 10.2 Å². The Hall–Kier alpha value is -3.58. The lowest BCUT2D eigenvalue weighted by molar-refractivity contribution is 0.0949. The molecule has 0 spiro atoms. The van der Waals surface area contributed by atoms with Crippen molar-refractivity contribution in [1.82, 2.24) is 20.3 Å². The fourth-order valence-electron chi connectivity index (χ4n) is 4.92. The van der Waals surface area contributed by atoms with Gasteiger partial charge in [0, 0.05) is 43.8 Å². The standard InChI is InChI=1S/C29H31N5OS/c1-19-13-15-30-20(2)26(19)28(35)32-16-21-9-11-22(12-10-21)17-34(3)29-33-25(18-36-29)24-8-4-6-23-7-5-14-31-27(23)24/h5,7,9-15,18,24H,4,6,8,16-17H2,1-3H3,(H,32,35). The summed E-state index contributed by atoms with van der Waals surface area (Å²) in [6.07, 6.45) is 7.02. The zero-order chi connectivity index (χ0) is 25.1. The first-order valence-electron chi connectivity index (χ1n) is 12.4. The zero-order valence-electron chi connectivity index (χ0n) is 21.0. The lowest BCUT2D eigenvalue weighted by atomic mass is 9.85. The number of benzene rings is 1. The van der Waals surface area contributed by atoms with E-state index in [1.807, 2.05) is 32.2 Å². The second-order valence-electron chi connectivity index (χ2n) is 9.49. The van der Waals surface area contributed by atoms with Crippen molar-refractivity contribution in [2.75, 3.05) is 11.9 Å². The number of hydrogen-bond donors (Lipinski definition) is 1. The summed E-state index contributed by atoms with van der Waals surface area (Å²) in [5.41, 5.74) is 8.30. The van der Waals surface area contributed by atoms with Crippen molar-refractivity contribution in [3.05, 3.63) is 105 Å². The second-order valence-corrected chi connectivity index (χ2v) is 10.3. The van der Waals surface area contributed by atoms with E-state index in [1.165, 1.54) is 23.2 Å². The number of amides is 1. The topological polar surface area (TPSA) is 71.0 Å². The van der Waals surface area contributed by atoms with Crippen molar-refractivity contribution in [1.29, 1.82) is 0 Å². The number of rotatable bonds is 7. The number of carbonyl (C=O) groups excluding carboxylic acids is 1. The molecular weight excluding hydrogens is 466 g/mol. The summed E-state index contributed by atoms with van der Waals surface area (Å²) >= 11 is 1.69. The Labute approximate surface area is 216 Å². The first-order valence-corrected chi connectivity index (χ1v) is 13.3. The van der Waals surface area contributed by atoms with Crippen molar-refractivity contribution in [3.63, 3.8) is 0 Å². The molecule has 1 aliphatic rings. The molecule has 1 unspecified atom stereocenters. The van der Waals surface area contributed by atoms with Crippen LogP contribution in [0.2, 0.25) is 0 Å². The van der Waals surface area contributed by atoms with Gasteiger partial charge in [-0.15, -0.1) is 11.3 Å². The Kier molecular flexibility index (Phi) is 7.09. The van der Waals surface area contributed by atoms with Gasteiger partial charge in [-0.1, -0.05) is 30.3 Å². The Balaban J connectivity index is 1.19. The van der Waals surface area contributed by atoms with Crippen LogP contribution >= 0.6 is 11.3 Å². The van der Waals surface area contributed by atoms with Gasteiger partial charge in [0.25, 0.3) is 5.91 Å². The summed E-state index contributed by atoms with van der Waals surface area (Å²) in [5.74, 6) is 0.208. The quantitative estimate of drug-likeness (QED) is 0.361. The Morgan fingerprint density at radius 2 is 1.89 bits per heavy atom. The van der Waals surface area contributed by atoms with E-state index in [4.69, 9.17) is 4.98 Å². The van der Waals surface area contributed by atoms with Crippen LogP contribution in [0.3, 0.4) is 0 Å². The van der Waals surface area contributed by atoms with Gasteiger partial charge in [0.15, 0.2) is 5.13 Å². The summed E-state index contributed by atoms with van der Waals surface area (Å²) in [4.78, 5) is 28.8. The molecule has 5 rings (SSSR count). The van der Waals surface area contributed by atoms with E-state index in [1.54, 1.807) is 17.5 Å². The van der Waals surface area contributed by atoms with Crippen LogP contribution in [0.4, 0.5) is 5.13 Å². The van der Waals surface area contributed by atoms with Gasteiger partial charge in [0.2, 0.25) is 0 Å². The van der Waals surface area contributed by atoms with Crippen LogP contribution in [0.5, 0.6) is 0 Å². The minimum atomic E-state index is -0.0859. The number of aryl methyl sites for hydroxylation is 3. The molecule has 0 fully saturated rings. The fourth-order valence-corrected chi connectivity index (χ4v) is 5.77. The number of anilines is 1. The van der Waals surface area contributed by atoms with E-state index in [2.05, 4.69) is 62.9 Å². The normalized spacial score (nSPS) is 14.8. The maximum Gasteiger partial charge on any atom is 0.253 e. The second kappa shape index (κ2) is 10.6. The van der Waals surface area contributed by atoms with Crippen LogP contribution in [-0.2, 0) is 19.5 Å². The lowest BCUT2D eigenvalue weighted by Gasteiger charge is -2.23. The number of hydrogen-bond acceptors (Lipinski definition) is 6. The van der Waals surface area contributed by atoms with Crippen molar-refractivity contribution in [2.24, 2.45) is 0 Å². The molecule has 6 nitrogen and oxygen atoms in total. The smallest absolute Gasteiger partial charge is 0.253 e. The number of nitrogens with zero attached hydrogens (tertiary/aromatic N) is 4. The fraction of sp³-hybridized carbons (Fsp3) is 0.310. The molecule has 0 bridgehead atoms. The van der Waals surface area contributed by atoms with Crippen LogP contribution in [-0.4, -0.2) is 27.9 Å². The number of fused-ring (bicyclic) bond motifs is 1. The van der Waals surface area contributed by atoms with Crippen molar-refractivity contribution in [3.8, 4) is 0 Å². The van der Waals surface area contributed by atoms with Crippen LogP contribution in [0, 0.1) is 13.8 Å². The Morgan fingerprint density at radius 3 is 2.69 bits per heavy atom. The third-order valence-electron chi connectivity index (χ3n) is 6.86. The minimum Gasteiger partial charge on any atom is -0.348 e. The number of aromatic nitrogens is 3. The monoisotopic (exact) mass is 497 g/mol. The van der Waals surface area contributed by atoms with Crippen molar-refractivity contribution >= 4 is 22.4 Å². The molecule has 0 aliphatic heterocycles. The Morgan fingerprint density at radius 1 is 1.08 bits per heavy atom. The highest BCUT2D eigenvalue weighted by Gasteiger charge is 2.25. The summed E-state index contributed by atoms with van der Waals surface area (Å²) < 4.78 is 0. The first kappa shape index (κ1) is 24.1. The molecule has 0 saturated carbocycles. The molecule has 0 radical (unpaired) electrons. The molecule has 3 heterocycles. The minimum absolute atomic E-state index is 0.0859. The predicted molar refractivity (Wildman–Crippen MR) is 145 cm³/mol. The highest BCUT2D eigenvalue weighted by Crippen LogP contribution is 2.37. The molecule has 1 aromatic carbocycles. The molecule has 4 aromatic rings. The summed E-state index contributed by atoms with van der Waals surface area (Å²) in [6.45, 7) is 5.05. The van der Waals surface area contributed by atoms with Crippen LogP contribution in [0.1, 0.15) is 68.5 Å². The highest BCUT2D eigenvalue weighted by atomic mass is 32.1. The molecule has 1 N–H and O–H groups in total. The summed E-state index contributed by atoms with van der Waals surface area (Å²) in [6, 6.07) is 14.5. The lowest BCUT2D eigenvalue weighted by Crippen LogP contribution is -2.25. The highest BCUT2D eigenvalue weighted by molar-refractivity contribution is 7.13. The van der Waals surface area contributed by atoms with Crippen molar-refractivity contribution in [2.45, 2.75) is 52.1 Å². The number of thiazole rings is 1. The zero-order valence-corrected chi connectivity index (χ0v) is 21.8. The van der Waals surface area contributed by atoms with Gasteiger partial charge in [-0.25, -0.2) is 4.98 Å². The molecule has 36 heavy (non-hydrogen) atoms. The third kappa shape index (κ3) is 5.16. The van der Waals surface area contributed by atoms with E-state index >= 15 is 0 Å². The predicted octanol–water partition coefficient (Wildman–Crippen LogP) is 5.58. The maximum absolute atomic E-state index is 12.6. The van der Waals surface area contributed by atoms with Gasteiger partial charge in [-0.05, 0) is 67.5 Å². The average molecular weight is 498 g/mol. The van der Waals surface area contributed by atoms with Crippen LogP contribution in [0.25, 0.3) is 0 Å². The molecule has 184 valence electrons. The molecule has 3 aromatic heterocycles. The van der Waals surface area contributed by atoms with Crippen LogP contribution in [0.15, 0.2) is 60.2 Å². The summed E-state index contributed by atoms with van der Waals surface area (Å²) in [5, 5.41) is 6.23. The largest absolute Gasteiger partial charge is 0.348 e. The molecule has 1 atom stereocenters. The van der Waals surface area contributed by atoms with Gasteiger partial charge in [0.05, 0.1) is 22.6 Å². The van der Waals surface area contributed by atoms with E-state index < -0.39 is 0 Å². The van der Waals surface area contributed by atoms with Gasteiger partial charge < -0.3 is 10.2 Å². The molecule has 1 aliphatic carbocycles. The van der Waals surface area contributed by atoms with Gasteiger partial charge in [-0.2, -0.15) is 0 Å². The Bertz CT molecular complexity index is 1340. The summed E-state index contributed by atoms with van der Waals surface area (Å²) in [7, 11) is 2.09. The number of carbonyl (C=O) groups is 1. The molecule has 0 saturated heterocycles. The number of pyridine rings is 2. The van der Waals surface area contributed by atoms with Gasteiger partial charge in [0.1, 0.15) is 0 Å². The van der Waals surface area contributed by atoms with Gasteiger partial charge >= 0.3 is 0 Å². The number of nitrogens with one attached hydrogen (secondary N) is 1. The first-order chi connectivity index (χ1) is 17.5. The third-order valence-corrected chi connectivity index (χ3v) is 7.83. The van der Waals surface area contributed by atoms with Gasteiger partial charge in [-0.3, -0.25) is 14.8 Å².